The van der Waals surface area contributed by atoms with Crippen molar-refractivity contribution < 1.29 is 9.53 Å². The number of amides is 1. The number of guanidine groups is 1. The van der Waals surface area contributed by atoms with Gasteiger partial charge in [0.2, 0.25) is 0 Å². The quantitative estimate of drug-likeness (QED) is 0.471. The summed E-state index contributed by atoms with van der Waals surface area (Å²) in [6.45, 7) is 13.5. The molecule has 0 aliphatic carbocycles. The molecular weight excluding hydrogens is 457 g/mol. The zero-order valence-corrected chi connectivity index (χ0v) is 19.4. The zero-order valence-electron chi connectivity index (χ0n) is 17.1. The molecule has 0 radical (unpaired) electrons. The van der Waals surface area contributed by atoms with E-state index in [-0.39, 0.29) is 36.1 Å². The molecule has 0 bridgehead atoms. The fourth-order valence-corrected chi connectivity index (χ4v) is 3.89. The molecule has 27 heavy (non-hydrogen) atoms. The van der Waals surface area contributed by atoms with Gasteiger partial charge in [0, 0.05) is 26.2 Å². The Bertz CT molecular complexity index is 517. The van der Waals surface area contributed by atoms with Gasteiger partial charge in [-0.05, 0) is 66.1 Å². The number of nitrogens with one attached hydrogen (secondary N) is 1. The topological polar surface area (TPSA) is 60.4 Å². The molecule has 3 aliphatic rings. The number of nitrogens with zero attached hydrogens (tertiary/aromatic N) is 4. The maximum atomic E-state index is 12.3. The van der Waals surface area contributed by atoms with Crippen molar-refractivity contribution in [3.8, 4) is 0 Å². The highest BCUT2D eigenvalue weighted by Crippen LogP contribution is 2.18. The number of rotatable bonds is 5. The van der Waals surface area contributed by atoms with E-state index >= 15 is 0 Å². The first-order chi connectivity index (χ1) is 12.4. The first kappa shape index (κ1) is 22.5. The SMILES string of the molecule is CC(C)(C)OC(=O)N1CCN2C(NCCCCN3CCCC3)=NCC2C1.I. The number of carbonyl (C=O) groups is 1. The van der Waals surface area contributed by atoms with E-state index in [1.807, 2.05) is 25.7 Å². The number of ether oxygens (including phenoxy) is 1. The van der Waals surface area contributed by atoms with Crippen molar-refractivity contribution in [2.45, 2.75) is 58.1 Å². The second-order valence-corrected chi connectivity index (χ2v) is 8.62. The van der Waals surface area contributed by atoms with Crippen molar-refractivity contribution in [3.63, 3.8) is 0 Å². The Morgan fingerprint density at radius 2 is 1.93 bits per heavy atom. The fraction of sp³-hybridized carbons (Fsp3) is 0.895. The average Bonchev–Trinajstić information content (AvgIpc) is 3.22. The standard InChI is InChI=1S/C19H35N5O2.HI/c1-19(2,3)26-18(25)23-12-13-24-16(15-23)14-21-17(24)20-8-4-5-9-22-10-6-7-11-22;/h16H,4-15H2,1-3H3,(H,20,21);1H. The van der Waals surface area contributed by atoms with Crippen molar-refractivity contribution in [2.75, 3.05) is 52.4 Å². The smallest absolute Gasteiger partial charge is 0.410 e. The number of halogens is 1. The summed E-state index contributed by atoms with van der Waals surface area (Å²) in [5, 5.41) is 3.51. The third-order valence-electron chi connectivity index (χ3n) is 5.24. The number of carbonyl (C=O) groups excluding carboxylic acids is 1. The van der Waals surface area contributed by atoms with E-state index in [0.29, 0.717) is 13.1 Å². The maximum absolute atomic E-state index is 12.3. The van der Waals surface area contributed by atoms with Gasteiger partial charge in [-0.3, -0.25) is 4.99 Å². The Balaban J connectivity index is 0.00000261. The van der Waals surface area contributed by atoms with Gasteiger partial charge in [0.05, 0.1) is 12.6 Å². The van der Waals surface area contributed by atoms with Gasteiger partial charge in [-0.15, -0.1) is 24.0 Å². The molecule has 3 heterocycles. The molecule has 3 rings (SSSR count). The van der Waals surface area contributed by atoms with Crippen LogP contribution in [0.3, 0.4) is 0 Å². The van der Waals surface area contributed by atoms with Gasteiger partial charge in [0.15, 0.2) is 5.96 Å². The molecule has 2 fully saturated rings. The van der Waals surface area contributed by atoms with Crippen LogP contribution in [-0.4, -0.2) is 90.8 Å². The van der Waals surface area contributed by atoms with Crippen LogP contribution >= 0.6 is 24.0 Å². The van der Waals surface area contributed by atoms with E-state index in [2.05, 4.69) is 20.1 Å². The van der Waals surface area contributed by atoms with Crippen molar-refractivity contribution in [1.29, 1.82) is 0 Å². The van der Waals surface area contributed by atoms with Crippen LogP contribution in [0.2, 0.25) is 0 Å². The predicted molar refractivity (Wildman–Crippen MR) is 119 cm³/mol. The molecule has 0 spiro atoms. The van der Waals surface area contributed by atoms with Crippen LogP contribution in [0, 0.1) is 0 Å². The molecule has 3 aliphatic heterocycles. The first-order valence-corrected chi connectivity index (χ1v) is 10.2. The van der Waals surface area contributed by atoms with Gasteiger partial charge in [0.25, 0.3) is 0 Å². The molecule has 2 saturated heterocycles. The molecule has 1 unspecified atom stereocenters. The Morgan fingerprint density at radius 3 is 2.63 bits per heavy atom. The van der Waals surface area contributed by atoms with Crippen LogP contribution in [0.15, 0.2) is 4.99 Å². The minimum Gasteiger partial charge on any atom is -0.444 e. The van der Waals surface area contributed by atoms with Gasteiger partial charge < -0.3 is 24.8 Å². The van der Waals surface area contributed by atoms with Crippen molar-refractivity contribution in [3.05, 3.63) is 0 Å². The van der Waals surface area contributed by atoms with E-state index in [0.717, 1.165) is 25.6 Å². The lowest BCUT2D eigenvalue weighted by Crippen LogP contribution is -2.57. The van der Waals surface area contributed by atoms with E-state index in [4.69, 9.17) is 4.74 Å². The number of hydrogen-bond acceptors (Lipinski definition) is 6. The lowest BCUT2D eigenvalue weighted by Gasteiger charge is -2.39. The van der Waals surface area contributed by atoms with Gasteiger partial charge in [-0.1, -0.05) is 0 Å². The third kappa shape index (κ3) is 6.66. The van der Waals surface area contributed by atoms with Gasteiger partial charge in [0.1, 0.15) is 5.60 Å². The Morgan fingerprint density at radius 1 is 1.19 bits per heavy atom. The highest BCUT2D eigenvalue weighted by Gasteiger charge is 2.36. The Kier molecular flexibility index (Phi) is 8.45. The summed E-state index contributed by atoms with van der Waals surface area (Å²) in [6.07, 6.45) is 4.95. The van der Waals surface area contributed by atoms with Crippen molar-refractivity contribution >= 4 is 36.0 Å². The summed E-state index contributed by atoms with van der Waals surface area (Å²) in [5.41, 5.74) is -0.442. The van der Waals surface area contributed by atoms with E-state index < -0.39 is 5.60 Å². The Labute approximate surface area is 180 Å². The summed E-state index contributed by atoms with van der Waals surface area (Å²) in [6, 6.07) is 0.281. The molecule has 0 aromatic carbocycles. The molecular formula is C19H36IN5O2. The lowest BCUT2D eigenvalue weighted by molar-refractivity contribution is 0.0137. The van der Waals surface area contributed by atoms with Crippen LogP contribution in [0.4, 0.5) is 4.79 Å². The monoisotopic (exact) mass is 493 g/mol. The number of unbranched alkanes of at least 4 members (excludes halogenated alkanes) is 1. The van der Waals surface area contributed by atoms with Gasteiger partial charge in [-0.2, -0.15) is 0 Å². The van der Waals surface area contributed by atoms with Crippen LogP contribution in [0.1, 0.15) is 46.5 Å². The molecule has 0 aromatic heterocycles. The highest BCUT2D eigenvalue weighted by molar-refractivity contribution is 14.0. The van der Waals surface area contributed by atoms with Crippen LogP contribution < -0.4 is 5.32 Å². The lowest BCUT2D eigenvalue weighted by atomic mass is 10.2. The van der Waals surface area contributed by atoms with Gasteiger partial charge >= 0.3 is 6.09 Å². The zero-order chi connectivity index (χ0) is 18.6. The summed E-state index contributed by atoms with van der Waals surface area (Å²) in [4.78, 5) is 23.6. The van der Waals surface area contributed by atoms with Crippen LogP contribution in [-0.2, 0) is 4.74 Å². The summed E-state index contributed by atoms with van der Waals surface area (Å²) in [5.74, 6) is 1.01. The number of hydrogen-bond donors (Lipinski definition) is 1. The molecule has 8 heteroatoms. The van der Waals surface area contributed by atoms with Crippen molar-refractivity contribution in [2.24, 2.45) is 4.99 Å². The molecule has 1 atom stereocenters. The number of likely N-dealkylation sites (tertiary alicyclic amines) is 1. The summed E-state index contributed by atoms with van der Waals surface area (Å²) < 4.78 is 5.50. The fourth-order valence-electron chi connectivity index (χ4n) is 3.89. The third-order valence-corrected chi connectivity index (χ3v) is 5.24. The molecule has 0 aromatic rings. The minimum atomic E-state index is -0.442. The second kappa shape index (κ2) is 10.1. The minimum absolute atomic E-state index is 0. The van der Waals surface area contributed by atoms with Crippen LogP contribution in [0.25, 0.3) is 0 Å². The van der Waals surface area contributed by atoms with Gasteiger partial charge in [-0.25, -0.2) is 4.79 Å². The van der Waals surface area contributed by atoms with Crippen molar-refractivity contribution in [1.82, 2.24) is 20.0 Å². The molecule has 0 saturated carbocycles. The van der Waals surface area contributed by atoms with Crippen LogP contribution in [0.5, 0.6) is 0 Å². The molecule has 156 valence electrons. The second-order valence-electron chi connectivity index (χ2n) is 8.62. The molecule has 7 nitrogen and oxygen atoms in total. The first-order valence-electron chi connectivity index (χ1n) is 10.2. The molecule has 1 N–H and O–H groups in total. The molecule has 1 amide bonds. The average molecular weight is 493 g/mol. The van der Waals surface area contributed by atoms with E-state index in [1.165, 1.54) is 45.3 Å². The normalized spacial score (nSPS) is 22.9. The highest BCUT2D eigenvalue weighted by atomic mass is 127. The summed E-state index contributed by atoms with van der Waals surface area (Å²) >= 11 is 0. The predicted octanol–water partition coefficient (Wildman–Crippen LogP) is 2.36. The number of fused-ring (bicyclic) bond motifs is 1. The largest absolute Gasteiger partial charge is 0.444 e. The number of aliphatic imine (C=N–C) groups is 1. The number of piperazine rings is 1. The van der Waals surface area contributed by atoms with E-state index in [9.17, 15) is 4.79 Å². The van der Waals surface area contributed by atoms with E-state index in [1.54, 1.807) is 0 Å². The maximum Gasteiger partial charge on any atom is 0.410 e. The Hall–Kier alpha value is -0.770. The summed E-state index contributed by atoms with van der Waals surface area (Å²) in [7, 11) is 0.